The molecule has 0 bridgehead atoms. The predicted molar refractivity (Wildman–Crippen MR) is 198 cm³/mol. The number of hydrogen-bond donors (Lipinski definition) is 4. The van der Waals surface area contributed by atoms with E-state index in [2.05, 4.69) is 4.99 Å². The highest BCUT2D eigenvalue weighted by Crippen LogP contribution is 2.34. The van der Waals surface area contributed by atoms with Crippen LogP contribution in [-0.4, -0.2) is 56.3 Å². The summed E-state index contributed by atoms with van der Waals surface area (Å²) >= 11 is 0. The van der Waals surface area contributed by atoms with Gasteiger partial charge in [0.05, 0.1) is 20.4 Å². The minimum Gasteiger partial charge on any atom is -0.367 e. The maximum absolute atomic E-state index is 11.8. The summed E-state index contributed by atoms with van der Waals surface area (Å²) in [5.74, 6) is 0. The second-order valence-corrected chi connectivity index (χ2v) is 16.2. The molecule has 4 aromatic rings. The summed E-state index contributed by atoms with van der Waals surface area (Å²) in [6.45, 7) is 4.58. The summed E-state index contributed by atoms with van der Waals surface area (Å²) < 4.78 is 98.8. The molecule has 1 aliphatic carbocycles. The molecule has 0 fully saturated rings. The highest BCUT2D eigenvalue weighted by atomic mass is 32.2. The highest BCUT2D eigenvalue weighted by Gasteiger charge is 2.28. The van der Waals surface area contributed by atoms with Crippen molar-refractivity contribution in [2.75, 3.05) is 11.4 Å². The number of anilines is 1. The molecule has 4 N–H and O–H groups in total. The van der Waals surface area contributed by atoms with Crippen LogP contribution < -0.4 is 4.90 Å². The van der Waals surface area contributed by atoms with Crippen LogP contribution in [0, 0.1) is 0 Å². The number of hydrogen-bond acceptors (Lipinski definition) is 9. The van der Waals surface area contributed by atoms with Crippen LogP contribution in [0.3, 0.4) is 0 Å². The monoisotopic (exact) mass is 764 g/mol. The van der Waals surface area contributed by atoms with Crippen molar-refractivity contribution < 1.29 is 44.0 Å². The van der Waals surface area contributed by atoms with E-state index in [0.29, 0.717) is 41.1 Å². The highest BCUT2D eigenvalue weighted by molar-refractivity contribution is 7.86. The Balaban J connectivity index is 1.52. The van der Waals surface area contributed by atoms with Crippen LogP contribution in [0.1, 0.15) is 42.5 Å². The van der Waals surface area contributed by atoms with Gasteiger partial charge in [-0.2, -0.15) is 25.3 Å². The second kappa shape index (κ2) is 15.1. The van der Waals surface area contributed by atoms with Crippen molar-refractivity contribution in [2.24, 2.45) is 4.99 Å². The molecule has 52 heavy (non-hydrogen) atoms. The largest absolute Gasteiger partial charge is 0.367 e. The summed E-state index contributed by atoms with van der Waals surface area (Å²) in [4.78, 5) is 5.68. The Morgan fingerprint density at radius 1 is 0.654 bits per heavy atom. The molecule has 0 spiro atoms. The van der Waals surface area contributed by atoms with Gasteiger partial charge >= 0.3 is 0 Å². The molecule has 12 nitrogen and oxygen atoms in total. The molecule has 0 saturated heterocycles. The van der Waals surface area contributed by atoms with Crippen LogP contribution in [0.5, 0.6) is 0 Å². The summed E-state index contributed by atoms with van der Waals surface area (Å²) in [7, 11) is -13.3. The summed E-state index contributed by atoms with van der Waals surface area (Å²) in [5.41, 5.74) is 3.04. The third-order valence-electron chi connectivity index (χ3n) is 8.47. The Morgan fingerprint density at radius 2 is 1.17 bits per heavy atom. The molecule has 0 amide bonds. The maximum Gasteiger partial charge on any atom is 0.294 e. The lowest BCUT2D eigenvalue weighted by molar-refractivity contribution is 0.0424. The fraction of sp³-hybridized carbons (Fsp3) is 0.162. The minimum atomic E-state index is -4.51. The first-order valence-electron chi connectivity index (χ1n) is 15.9. The zero-order valence-electron chi connectivity index (χ0n) is 28.0. The Morgan fingerprint density at radius 3 is 1.69 bits per heavy atom. The van der Waals surface area contributed by atoms with Gasteiger partial charge in [-0.1, -0.05) is 67.6 Å². The molecule has 1 unspecified atom stereocenters. The van der Waals surface area contributed by atoms with Crippen molar-refractivity contribution >= 4 is 47.3 Å². The molecule has 4 aromatic carbocycles. The normalized spacial score (nSPS) is 14.6. The van der Waals surface area contributed by atoms with E-state index in [9.17, 15) is 44.0 Å². The molecule has 1 aliphatic rings. The van der Waals surface area contributed by atoms with E-state index in [0.717, 1.165) is 11.3 Å². The lowest BCUT2D eigenvalue weighted by Gasteiger charge is -2.25. The fourth-order valence-corrected chi connectivity index (χ4v) is 7.27. The van der Waals surface area contributed by atoms with Crippen molar-refractivity contribution in [1.82, 2.24) is 0 Å². The molecule has 1 atom stereocenters. The van der Waals surface area contributed by atoms with E-state index in [1.165, 1.54) is 48.5 Å². The molecule has 0 heterocycles. The number of aliphatic hydroxyl groups is 1. The van der Waals surface area contributed by atoms with Gasteiger partial charge in [0.1, 0.15) is 0 Å². The predicted octanol–water partition coefficient (Wildman–Crippen LogP) is 6.08. The standard InChI is InChI=1S/C37H36N2O10S3/c1-3-37(40,30-8-6-10-35(24-30)52(47,48)49)38-31-17-11-27(12-18-31)36(29-15-21-33(22-16-29)50(41,42)43)28-13-19-32(20-14-28)39(4-2)25-26-7-5-9-34(23-26)51(44,45)46/h5-24,40H,3-4,25H2,1-2H3,(H,41,42,43)(H,44,45,46)(H,47,48,49). The average Bonchev–Trinajstić information content (AvgIpc) is 3.11. The zero-order valence-corrected chi connectivity index (χ0v) is 30.5. The first-order chi connectivity index (χ1) is 24.4. The van der Waals surface area contributed by atoms with Gasteiger partial charge < -0.3 is 10.0 Å². The van der Waals surface area contributed by atoms with Gasteiger partial charge in [0.15, 0.2) is 5.72 Å². The van der Waals surface area contributed by atoms with E-state index in [1.54, 1.807) is 55.5 Å². The van der Waals surface area contributed by atoms with Gasteiger partial charge in [0.25, 0.3) is 30.4 Å². The molecule has 0 aromatic heterocycles. The van der Waals surface area contributed by atoms with Crippen molar-refractivity contribution in [3.8, 4) is 0 Å². The van der Waals surface area contributed by atoms with E-state index < -0.39 is 36.1 Å². The maximum atomic E-state index is 11.8. The average molecular weight is 765 g/mol. The van der Waals surface area contributed by atoms with E-state index in [1.807, 2.05) is 36.1 Å². The zero-order chi connectivity index (χ0) is 37.9. The summed E-state index contributed by atoms with van der Waals surface area (Å²) in [5, 5.41) is 11.4. The first-order valence-corrected chi connectivity index (χ1v) is 20.2. The molecule has 272 valence electrons. The number of aliphatic imine (C=N–C) groups is 1. The van der Waals surface area contributed by atoms with Gasteiger partial charge in [-0.25, -0.2) is 4.99 Å². The Hall–Kier alpha value is -4.74. The van der Waals surface area contributed by atoms with E-state index in [-0.39, 0.29) is 26.7 Å². The topological polar surface area (TPSA) is 199 Å². The number of rotatable bonds is 12. The van der Waals surface area contributed by atoms with Crippen LogP contribution in [0.25, 0.3) is 5.57 Å². The third kappa shape index (κ3) is 9.00. The third-order valence-corrected chi connectivity index (χ3v) is 11.0. The van der Waals surface area contributed by atoms with Crippen molar-refractivity contribution in [3.05, 3.63) is 149 Å². The van der Waals surface area contributed by atoms with Gasteiger partial charge in [-0.3, -0.25) is 13.7 Å². The Bertz CT molecular complexity index is 2420. The molecular formula is C37H36N2O10S3. The smallest absolute Gasteiger partial charge is 0.294 e. The van der Waals surface area contributed by atoms with Crippen molar-refractivity contribution in [3.63, 3.8) is 0 Å². The van der Waals surface area contributed by atoms with Gasteiger partial charge in [-0.15, -0.1) is 0 Å². The molecule has 0 aliphatic heterocycles. The fourth-order valence-electron chi connectivity index (χ4n) is 5.71. The Kier molecular flexibility index (Phi) is 11.2. The molecular weight excluding hydrogens is 729 g/mol. The van der Waals surface area contributed by atoms with Gasteiger partial charge in [0, 0.05) is 24.3 Å². The van der Waals surface area contributed by atoms with Crippen molar-refractivity contribution in [2.45, 2.75) is 47.2 Å². The molecule has 0 saturated carbocycles. The molecule has 5 rings (SSSR count). The molecule has 0 radical (unpaired) electrons. The van der Waals surface area contributed by atoms with Crippen LogP contribution in [0.15, 0.2) is 147 Å². The number of allylic oxidation sites excluding steroid dienone is 5. The van der Waals surface area contributed by atoms with Crippen LogP contribution in [0.4, 0.5) is 5.69 Å². The molecule has 15 heteroatoms. The SMILES string of the molecule is CCN(Cc1cccc(S(=O)(=O)O)c1)c1ccc(C(=C2C=CC(=NC(O)(CC)c3cccc(S(=O)(=O)O)c3)C=C2)c2ccc(S(=O)(=O)O)cc2)cc1. The summed E-state index contributed by atoms with van der Waals surface area (Å²) in [6.07, 6.45) is 6.97. The first kappa shape index (κ1) is 38.5. The summed E-state index contributed by atoms with van der Waals surface area (Å²) in [6, 6.07) is 24.6. The second-order valence-electron chi connectivity index (χ2n) is 11.9. The van der Waals surface area contributed by atoms with E-state index in [4.69, 9.17) is 0 Å². The van der Waals surface area contributed by atoms with Crippen LogP contribution >= 0.6 is 0 Å². The lowest BCUT2D eigenvalue weighted by atomic mass is 9.90. The lowest BCUT2D eigenvalue weighted by Crippen LogP contribution is -2.24. The van der Waals surface area contributed by atoms with Gasteiger partial charge in [-0.05, 0) is 102 Å². The quantitative estimate of drug-likeness (QED) is 0.122. The Labute approximate surface area is 303 Å². The number of nitrogens with zero attached hydrogens (tertiary/aromatic N) is 2. The van der Waals surface area contributed by atoms with Gasteiger partial charge in [0.2, 0.25) is 0 Å². The van der Waals surface area contributed by atoms with Crippen LogP contribution in [-0.2, 0) is 42.6 Å². The van der Waals surface area contributed by atoms with E-state index >= 15 is 0 Å². The van der Waals surface area contributed by atoms with Crippen molar-refractivity contribution in [1.29, 1.82) is 0 Å². The van der Waals surface area contributed by atoms with Crippen LogP contribution in [0.2, 0.25) is 0 Å². The minimum absolute atomic E-state index is 0.0915. The number of benzene rings is 4.